The van der Waals surface area contributed by atoms with Gasteiger partial charge in [-0.2, -0.15) is 0 Å². The van der Waals surface area contributed by atoms with E-state index in [1.165, 1.54) is 0 Å². The van der Waals surface area contributed by atoms with Crippen molar-refractivity contribution in [2.75, 3.05) is 13.1 Å². The van der Waals surface area contributed by atoms with Crippen molar-refractivity contribution in [1.82, 2.24) is 19.9 Å². The molecule has 1 atom stereocenters. The van der Waals surface area contributed by atoms with E-state index in [-0.39, 0.29) is 11.8 Å². The van der Waals surface area contributed by atoms with Crippen LogP contribution in [0.25, 0.3) is 17.1 Å². The number of aryl methyl sites for hydroxylation is 1. The number of rotatable bonds is 6. The Balaban J connectivity index is 1.21. The zero-order chi connectivity index (χ0) is 22.6. The molecule has 6 nitrogen and oxygen atoms in total. The molecule has 168 valence electrons. The first-order valence-corrected chi connectivity index (χ1v) is 12.1. The number of thiazole rings is 1. The number of carbonyl (C=O) groups is 1. The van der Waals surface area contributed by atoms with E-state index in [0.717, 1.165) is 58.3 Å². The molecule has 1 amide bonds. The van der Waals surface area contributed by atoms with Crippen molar-refractivity contribution < 1.29 is 9.53 Å². The van der Waals surface area contributed by atoms with Crippen molar-refractivity contribution in [3.63, 3.8) is 0 Å². The Kier molecular flexibility index (Phi) is 6.21. The van der Waals surface area contributed by atoms with Crippen LogP contribution in [0.1, 0.15) is 40.8 Å². The summed E-state index contributed by atoms with van der Waals surface area (Å²) < 4.78 is 5.86. The maximum atomic E-state index is 12.9. The third-order valence-corrected chi connectivity index (χ3v) is 6.68. The summed E-state index contributed by atoms with van der Waals surface area (Å²) in [5, 5.41) is 3.04. The SMILES string of the molecule is Cc1nc(COc2cccc(/C=C/C(=O)N3CCCC(c4nc5ccccc5[nH]4)C3)c2)cs1. The molecule has 1 N–H and O–H groups in total. The second kappa shape index (κ2) is 9.58. The van der Waals surface area contributed by atoms with Gasteiger partial charge in [0.05, 0.1) is 21.7 Å². The number of amides is 1. The van der Waals surface area contributed by atoms with Gasteiger partial charge in [0.25, 0.3) is 0 Å². The van der Waals surface area contributed by atoms with Gasteiger partial charge in [0.15, 0.2) is 0 Å². The second-order valence-corrected chi connectivity index (χ2v) is 9.38. The number of nitrogens with one attached hydrogen (secondary N) is 1. The molecule has 1 unspecified atom stereocenters. The molecule has 0 spiro atoms. The fourth-order valence-electron chi connectivity index (χ4n) is 4.18. The molecule has 0 radical (unpaired) electrons. The van der Waals surface area contributed by atoms with Crippen LogP contribution in [0.4, 0.5) is 0 Å². The molecule has 5 rings (SSSR count). The second-order valence-electron chi connectivity index (χ2n) is 8.31. The summed E-state index contributed by atoms with van der Waals surface area (Å²) in [4.78, 5) is 27.4. The van der Waals surface area contributed by atoms with E-state index in [9.17, 15) is 4.79 Å². The molecule has 1 fully saturated rings. The van der Waals surface area contributed by atoms with Gasteiger partial charge < -0.3 is 14.6 Å². The summed E-state index contributed by atoms with van der Waals surface area (Å²) in [5.74, 6) is 1.99. The number of aromatic nitrogens is 3. The lowest BCUT2D eigenvalue weighted by Crippen LogP contribution is -2.38. The van der Waals surface area contributed by atoms with E-state index < -0.39 is 0 Å². The molecule has 1 aliphatic rings. The van der Waals surface area contributed by atoms with Gasteiger partial charge in [0.1, 0.15) is 18.2 Å². The molecule has 1 aliphatic heterocycles. The van der Waals surface area contributed by atoms with Gasteiger partial charge in [-0.25, -0.2) is 9.97 Å². The predicted octanol–water partition coefficient (Wildman–Crippen LogP) is 5.33. The summed E-state index contributed by atoms with van der Waals surface area (Å²) in [7, 11) is 0. The van der Waals surface area contributed by atoms with Gasteiger partial charge in [-0.3, -0.25) is 4.79 Å². The molecule has 4 aromatic rings. The lowest BCUT2D eigenvalue weighted by Gasteiger charge is -2.31. The molecular formula is C26H26N4O2S. The minimum atomic E-state index is 0.0279. The molecule has 33 heavy (non-hydrogen) atoms. The van der Waals surface area contributed by atoms with Crippen LogP contribution < -0.4 is 4.74 Å². The van der Waals surface area contributed by atoms with Crippen LogP contribution in [0.3, 0.4) is 0 Å². The van der Waals surface area contributed by atoms with Gasteiger partial charge >= 0.3 is 0 Å². The quantitative estimate of drug-likeness (QED) is 0.397. The van der Waals surface area contributed by atoms with Crippen LogP contribution in [0, 0.1) is 6.92 Å². The molecule has 2 aromatic carbocycles. The summed E-state index contributed by atoms with van der Waals surface area (Å²) in [6.07, 6.45) is 5.52. The molecule has 7 heteroatoms. The first-order valence-electron chi connectivity index (χ1n) is 11.2. The van der Waals surface area contributed by atoms with Crippen molar-refractivity contribution in [3.05, 3.63) is 82.1 Å². The molecule has 3 heterocycles. The number of carbonyl (C=O) groups excluding carboxylic acids is 1. The predicted molar refractivity (Wildman–Crippen MR) is 131 cm³/mol. The molecule has 0 bridgehead atoms. The Bertz CT molecular complexity index is 1260. The number of aromatic amines is 1. The van der Waals surface area contributed by atoms with Crippen LogP contribution in [0.5, 0.6) is 5.75 Å². The summed E-state index contributed by atoms with van der Waals surface area (Å²) >= 11 is 1.62. The Hall–Kier alpha value is -3.45. The van der Waals surface area contributed by atoms with Crippen LogP contribution in [-0.4, -0.2) is 38.8 Å². The fraction of sp³-hybridized carbons (Fsp3) is 0.269. The highest BCUT2D eigenvalue weighted by atomic mass is 32.1. The first kappa shape index (κ1) is 21.4. The maximum absolute atomic E-state index is 12.9. The minimum absolute atomic E-state index is 0.0279. The Morgan fingerprint density at radius 2 is 2.15 bits per heavy atom. The standard InChI is InChI=1S/C26H26N4O2S/c1-18-27-21(17-33-18)16-32-22-8-4-6-19(14-22)11-12-25(31)30-13-5-7-20(15-30)26-28-23-9-2-3-10-24(23)29-26/h2-4,6,8-12,14,17,20H,5,7,13,15-16H2,1H3,(H,28,29)/b12-11+. The Labute approximate surface area is 197 Å². The van der Waals surface area contributed by atoms with E-state index in [1.807, 2.05) is 71.8 Å². The average molecular weight is 459 g/mol. The van der Waals surface area contributed by atoms with E-state index >= 15 is 0 Å². The highest BCUT2D eigenvalue weighted by molar-refractivity contribution is 7.09. The molecule has 0 saturated carbocycles. The Morgan fingerprint density at radius 3 is 3.00 bits per heavy atom. The number of ether oxygens (including phenoxy) is 1. The summed E-state index contributed by atoms with van der Waals surface area (Å²) in [6, 6.07) is 15.8. The average Bonchev–Trinajstić information content (AvgIpc) is 3.47. The van der Waals surface area contributed by atoms with Crippen LogP contribution in [0.15, 0.2) is 60.0 Å². The number of hydrogen-bond acceptors (Lipinski definition) is 5. The topological polar surface area (TPSA) is 71.1 Å². The normalized spacial score (nSPS) is 16.5. The number of likely N-dealkylation sites (tertiary alicyclic amines) is 1. The van der Waals surface area contributed by atoms with E-state index in [2.05, 4.69) is 9.97 Å². The zero-order valence-electron chi connectivity index (χ0n) is 18.5. The summed E-state index contributed by atoms with van der Waals surface area (Å²) in [5.41, 5.74) is 3.88. The number of benzene rings is 2. The zero-order valence-corrected chi connectivity index (χ0v) is 19.3. The van der Waals surface area contributed by atoms with E-state index in [0.29, 0.717) is 13.2 Å². The molecule has 1 saturated heterocycles. The number of nitrogens with zero attached hydrogens (tertiary/aromatic N) is 3. The van der Waals surface area contributed by atoms with Gasteiger partial charge in [0.2, 0.25) is 5.91 Å². The van der Waals surface area contributed by atoms with E-state index in [4.69, 9.17) is 9.72 Å². The first-order chi connectivity index (χ1) is 16.1. The monoisotopic (exact) mass is 458 g/mol. The molecular weight excluding hydrogens is 432 g/mol. The van der Waals surface area contributed by atoms with Gasteiger partial charge in [-0.05, 0) is 55.7 Å². The number of H-pyrrole nitrogens is 1. The molecule has 2 aromatic heterocycles. The third-order valence-electron chi connectivity index (χ3n) is 5.86. The lowest BCUT2D eigenvalue weighted by atomic mass is 9.97. The minimum Gasteiger partial charge on any atom is -0.487 e. The number of piperidine rings is 1. The largest absolute Gasteiger partial charge is 0.487 e. The highest BCUT2D eigenvalue weighted by Gasteiger charge is 2.25. The van der Waals surface area contributed by atoms with Gasteiger partial charge in [-0.15, -0.1) is 11.3 Å². The van der Waals surface area contributed by atoms with Crippen molar-refractivity contribution in [3.8, 4) is 5.75 Å². The number of para-hydroxylation sites is 2. The number of fused-ring (bicyclic) bond motifs is 1. The number of hydrogen-bond donors (Lipinski definition) is 1. The number of imidazole rings is 1. The van der Waals surface area contributed by atoms with Crippen molar-refractivity contribution in [2.45, 2.75) is 32.3 Å². The Morgan fingerprint density at radius 1 is 1.24 bits per heavy atom. The highest BCUT2D eigenvalue weighted by Crippen LogP contribution is 2.27. The van der Waals surface area contributed by atoms with Crippen LogP contribution >= 0.6 is 11.3 Å². The van der Waals surface area contributed by atoms with Crippen molar-refractivity contribution >= 4 is 34.4 Å². The fourth-order valence-corrected chi connectivity index (χ4v) is 4.78. The van der Waals surface area contributed by atoms with Gasteiger partial charge in [0, 0.05) is 30.5 Å². The van der Waals surface area contributed by atoms with E-state index in [1.54, 1.807) is 17.4 Å². The smallest absolute Gasteiger partial charge is 0.246 e. The lowest BCUT2D eigenvalue weighted by molar-refractivity contribution is -0.127. The van der Waals surface area contributed by atoms with Gasteiger partial charge in [-0.1, -0.05) is 24.3 Å². The van der Waals surface area contributed by atoms with Crippen LogP contribution in [-0.2, 0) is 11.4 Å². The van der Waals surface area contributed by atoms with Crippen molar-refractivity contribution in [2.24, 2.45) is 0 Å². The summed E-state index contributed by atoms with van der Waals surface area (Å²) in [6.45, 7) is 3.88. The van der Waals surface area contributed by atoms with Crippen LogP contribution in [0.2, 0.25) is 0 Å². The van der Waals surface area contributed by atoms with Crippen molar-refractivity contribution in [1.29, 1.82) is 0 Å². The third kappa shape index (κ3) is 5.14. The molecule has 0 aliphatic carbocycles. The maximum Gasteiger partial charge on any atom is 0.246 e.